The van der Waals surface area contributed by atoms with E-state index >= 15 is 0 Å². The van der Waals surface area contributed by atoms with Crippen molar-refractivity contribution >= 4 is 16.9 Å². The first-order valence-electron chi connectivity index (χ1n) is 8.20. The smallest absolute Gasteiger partial charge is 0.240 e. The zero-order valence-electron chi connectivity index (χ0n) is 13.7. The molecule has 3 rings (SSSR count). The first-order valence-corrected chi connectivity index (χ1v) is 8.20. The summed E-state index contributed by atoms with van der Waals surface area (Å²) in [5.74, 6) is 1.07. The van der Waals surface area contributed by atoms with Crippen molar-refractivity contribution in [2.45, 2.75) is 64.5 Å². The highest BCUT2D eigenvalue weighted by Crippen LogP contribution is 2.26. The van der Waals surface area contributed by atoms with Gasteiger partial charge in [-0.1, -0.05) is 45.7 Å². The number of nitrogens with one attached hydrogen (secondary N) is 1. The number of hydrogen-bond acceptors (Lipinski definition) is 2. The van der Waals surface area contributed by atoms with Gasteiger partial charge in [-0.05, 0) is 25.0 Å². The third-order valence-corrected chi connectivity index (χ3v) is 4.35. The van der Waals surface area contributed by atoms with Crippen LogP contribution in [0, 0.1) is 0 Å². The van der Waals surface area contributed by atoms with Crippen molar-refractivity contribution in [3.63, 3.8) is 0 Å². The van der Waals surface area contributed by atoms with Crippen LogP contribution in [0.15, 0.2) is 24.3 Å². The van der Waals surface area contributed by atoms with Gasteiger partial charge in [0, 0.05) is 11.5 Å². The van der Waals surface area contributed by atoms with Crippen molar-refractivity contribution in [1.29, 1.82) is 0 Å². The number of benzene rings is 1. The Bertz CT molecular complexity index is 675. The van der Waals surface area contributed by atoms with Gasteiger partial charge in [0.25, 0.3) is 0 Å². The van der Waals surface area contributed by atoms with Crippen LogP contribution in [0.2, 0.25) is 0 Å². The summed E-state index contributed by atoms with van der Waals surface area (Å²) < 4.78 is 2.07. The fraction of sp³-hybridized carbons (Fsp3) is 0.556. The highest BCUT2D eigenvalue weighted by Gasteiger charge is 2.24. The van der Waals surface area contributed by atoms with Crippen LogP contribution in [0.1, 0.15) is 52.3 Å². The molecule has 1 N–H and O–H groups in total. The van der Waals surface area contributed by atoms with E-state index in [-0.39, 0.29) is 11.3 Å². The molecule has 1 fully saturated rings. The first-order chi connectivity index (χ1) is 10.4. The third-order valence-electron chi connectivity index (χ3n) is 4.35. The number of carbonyl (C=O) groups excluding carboxylic acids is 1. The molecule has 0 atom stereocenters. The molecule has 0 unspecified atom stereocenters. The second kappa shape index (κ2) is 5.75. The van der Waals surface area contributed by atoms with Gasteiger partial charge in [-0.25, -0.2) is 4.98 Å². The molecule has 0 bridgehead atoms. The molecule has 1 aliphatic carbocycles. The highest BCUT2D eigenvalue weighted by atomic mass is 16.2. The lowest BCUT2D eigenvalue weighted by molar-refractivity contribution is -0.122. The summed E-state index contributed by atoms with van der Waals surface area (Å²) in [7, 11) is 0. The lowest BCUT2D eigenvalue weighted by Crippen LogP contribution is -2.36. The Morgan fingerprint density at radius 3 is 2.64 bits per heavy atom. The van der Waals surface area contributed by atoms with Crippen molar-refractivity contribution in [2.24, 2.45) is 0 Å². The quantitative estimate of drug-likeness (QED) is 0.944. The van der Waals surface area contributed by atoms with Gasteiger partial charge >= 0.3 is 0 Å². The van der Waals surface area contributed by atoms with Crippen LogP contribution in [0.3, 0.4) is 0 Å². The Labute approximate surface area is 131 Å². The van der Waals surface area contributed by atoms with Crippen LogP contribution in [0.25, 0.3) is 11.0 Å². The lowest BCUT2D eigenvalue weighted by Gasteiger charge is -2.20. The number of nitrogens with zero attached hydrogens (tertiary/aromatic N) is 2. The summed E-state index contributed by atoms with van der Waals surface area (Å²) in [6.07, 6.45) is 4.68. The van der Waals surface area contributed by atoms with Crippen molar-refractivity contribution in [1.82, 2.24) is 14.9 Å². The zero-order chi connectivity index (χ0) is 15.7. The van der Waals surface area contributed by atoms with Gasteiger partial charge in [0.15, 0.2) is 0 Å². The topological polar surface area (TPSA) is 46.9 Å². The molecule has 0 radical (unpaired) electrons. The molecule has 1 amide bonds. The van der Waals surface area contributed by atoms with E-state index in [1.54, 1.807) is 0 Å². The molecule has 0 aliphatic heterocycles. The number of aromatic nitrogens is 2. The predicted octanol–water partition coefficient (Wildman–Crippen LogP) is 3.39. The molecule has 2 aromatic rings. The maximum atomic E-state index is 12.4. The van der Waals surface area contributed by atoms with Crippen molar-refractivity contribution in [2.75, 3.05) is 0 Å². The number of rotatable bonds is 3. The van der Waals surface area contributed by atoms with Crippen molar-refractivity contribution in [3.05, 3.63) is 30.1 Å². The van der Waals surface area contributed by atoms with Gasteiger partial charge in [0.1, 0.15) is 12.4 Å². The van der Waals surface area contributed by atoms with Crippen LogP contribution in [-0.2, 0) is 16.8 Å². The molecular weight excluding hydrogens is 274 g/mol. The lowest BCUT2D eigenvalue weighted by atomic mass is 9.95. The largest absolute Gasteiger partial charge is 0.352 e. The minimum Gasteiger partial charge on any atom is -0.352 e. The molecule has 118 valence electrons. The Morgan fingerprint density at radius 2 is 1.95 bits per heavy atom. The Morgan fingerprint density at radius 1 is 1.27 bits per heavy atom. The van der Waals surface area contributed by atoms with Gasteiger partial charge in [0.2, 0.25) is 5.91 Å². The average Bonchev–Trinajstić information content (AvgIpc) is 3.06. The van der Waals surface area contributed by atoms with Crippen molar-refractivity contribution in [3.8, 4) is 0 Å². The van der Waals surface area contributed by atoms with Gasteiger partial charge < -0.3 is 9.88 Å². The molecule has 4 nitrogen and oxygen atoms in total. The second-order valence-corrected chi connectivity index (χ2v) is 7.31. The summed E-state index contributed by atoms with van der Waals surface area (Å²) in [4.78, 5) is 17.2. The van der Waals surface area contributed by atoms with E-state index < -0.39 is 0 Å². The molecule has 0 spiro atoms. The highest BCUT2D eigenvalue weighted by molar-refractivity contribution is 5.81. The average molecular weight is 299 g/mol. The minimum absolute atomic E-state index is 0.0906. The first kappa shape index (κ1) is 15.1. The maximum Gasteiger partial charge on any atom is 0.240 e. The van der Waals surface area contributed by atoms with E-state index in [2.05, 4.69) is 30.7 Å². The number of imidazole rings is 1. The number of fused-ring (bicyclic) bond motifs is 1. The van der Waals surface area contributed by atoms with Crippen LogP contribution >= 0.6 is 0 Å². The van der Waals surface area contributed by atoms with Gasteiger partial charge in [-0.15, -0.1) is 0 Å². The molecular formula is C18H25N3O. The number of amides is 1. The maximum absolute atomic E-state index is 12.4. The number of para-hydroxylation sites is 2. The number of carbonyl (C=O) groups is 1. The van der Waals surface area contributed by atoms with E-state index in [1.807, 2.05) is 24.3 Å². The van der Waals surface area contributed by atoms with Gasteiger partial charge in [-0.3, -0.25) is 4.79 Å². The molecule has 1 aromatic carbocycles. The fourth-order valence-electron chi connectivity index (χ4n) is 3.30. The standard InChI is InChI=1S/C18H25N3O/c1-18(2,3)17-20-14-10-6-7-11-15(14)21(17)12-16(22)19-13-8-4-5-9-13/h6-7,10-11,13H,4-5,8-9,12H2,1-3H3,(H,19,22). The Hall–Kier alpha value is -1.84. The SMILES string of the molecule is CC(C)(C)c1nc2ccccc2n1CC(=O)NC1CCCC1. The monoisotopic (exact) mass is 299 g/mol. The summed E-state index contributed by atoms with van der Waals surface area (Å²) in [5.41, 5.74) is 1.90. The van der Waals surface area contributed by atoms with Crippen LogP contribution < -0.4 is 5.32 Å². The Kier molecular flexibility index (Phi) is 3.94. The normalized spacial score (nSPS) is 16.3. The molecule has 4 heteroatoms. The fourth-order valence-corrected chi connectivity index (χ4v) is 3.30. The zero-order valence-corrected chi connectivity index (χ0v) is 13.7. The van der Waals surface area contributed by atoms with E-state index in [1.165, 1.54) is 12.8 Å². The van der Waals surface area contributed by atoms with Crippen molar-refractivity contribution < 1.29 is 4.79 Å². The summed E-state index contributed by atoms with van der Waals surface area (Å²) >= 11 is 0. The van der Waals surface area contributed by atoms with Gasteiger partial charge in [-0.2, -0.15) is 0 Å². The van der Waals surface area contributed by atoms with Crippen LogP contribution in [-0.4, -0.2) is 21.5 Å². The van der Waals surface area contributed by atoms with E-state index in [0.717, 1.165) is 29.7 Å². The Balaban J connectivity index is 1.89. The van der Waals surface area contributed by atoms with Crippen LogP contribution in [0.5, 0.6) is 0 Å². The molecule has 1 heterocycles. The van der Waals surface area contributed by atoms with E-state index in [0.29, 0.717) is 12.6 Å². The molecule has 22 heavy (non-hydrogen) atoms. The summed E-state index contributed by atoms with van der Waals surface area (Å²) in [6.45, 7) is 6.77. The summed E-state index contributed by atoms with van der Waals surface area (Å²) in [6, 6.07) is 8.41. The van der Waals surface area contributed by atoms with E-state index in [4.69, 9.17) is 4.98 Å². The van der Waals surface area contributed by atoms with Crippen LogP contribution in [0.4, 0.5) is 0 Å². The van der Waals surface area contributed by atoms with E-state index in [9.17, 15) is 4.79 Å². The minimum atomic E-state index is -0.0906. The predicted molar refractivity (Wildman–Crippen MR) is 88.8 cm³/mol. The number of hydrogen-bond donors (Lipinski definition) is 1. The molecule has 0 saturated heterocycles. The molecule has 1 aromatic heterocycles. The summed E-state index contributed by atoms with van der Waals surface area (Å²) in [5, 5.41) is 3.17. The second-order valence-electron chi connectivity index (χ2n) is 7.31. The van der Waals surface area contributed by atoms with Gasteiger partial charge in [0.05, 0.1) is 11.0 Å². The third kappa shape index (κ3) is 3.01. The molecule has 1 saturated carbocycles. The molecule has 1 aliphatic rings.